The number of aromatic nitrogens is 2. The molecule has 1 aromatic carbocycles. The molecule has 90 valence electrons. The molecule has 0 fully saturated rings. The number of nitrogens with zero attached hydrogens (tertiary/aromatic N) is 1. The Labute approximate surface area is 110 Å². The zero-order valence-corrected chi connectivity index (χ0v) is 11.8. The first-order chi connectivity index (χ1) is 7.88. The fourth-order valence-corrected chi connectivity index (χ4v) is 1.92. The standard InChI is InChI=1S/C13H16BrN3/c1-8-11(9-4-6-10(14)7-5-9)17-12(16-8)13(2,3)15/h4-7H,15H2,1-3H3,(H,16,17). The lowest BCUT2D eigenvalue weighted by molar-refractivity contribution is 0.520. The quantitative estimate of drug-likeness (QED) is 0.892. The van der Waals surface area contributed by atoms with E-state index < -0.39 is 5.54 Å². The minimum Gasteiger partial charge on any atom is -0.344 e. The molecule has 0 atom stereocenters. The molecular formula is C13H16BrN3. The van der Waals surface area contributed by atoms with Gasteiger partial charge in [0.05, 0.1) is 11.2 Å². The number of nitrogens with two attached hydrogens (primary N) is 1. The summed E-state index contributed by atoms with van der Waals surface area (Å²) in [5.74, 6) is 0.813. The number of aromatic amines is 1. The summed E-state index contributed by atoms with van der Waals surface area (Å²) in [7, 11) is 0. The molecule has 2 aromatic rings. The summed E-state index contributed by atoms with van der Waals surface area (Å²) in [4.78, 5) is 7.83. The van der Waals surface area contributed by atoms with Crippen molar-refractivity contribution in [2.45, 2.75) is 26.3 Å². The molecule has 0 aliphatic heterocycles. The topological polar surface area (TPSA) is 54.7 Å². The van der Waals surface area contributed by atoms with Gasteiger partial charge < -0.3 is 10.7 Å². The zero-order valence-electron chi connectivity index (χ0n) is 10.2. The van der Waals surface area contributed by atoms with Gasteiger partial charge in [-0.3, -0.25) is 0 Å². The van der Waals surface area contributed by atoms with Crippen molar-refractivity contribution in [1.29, 1.82) is 0 Å². The first-order valence-electron chi connectivity index (χ1n) is 5.50. The Morgan fingerprint density at radius 1 is 1.24 bits per heavy atom. The van der Waals surface area contributed by atoms with Gasteiger partial charge in [-0.2, -0.15) is 0 Å². The van der Waals surface area contributed by atoms with E-state index in [-0.39, 0.29) is 0 Å². The van der Waals surface area contributed by atoms with E-state index in [1.54, 1.807) is 0 Å². The van der Waals surface area contributed by atoms with E-state index in [9.17, 15) is 0 Å². The zero-order chi connectivity index (χ0) is 12.6. The number of halogens is 1. The maximum Gasteiger partial charge on any atom is 0.126 e. The number of imidazole rings is 1. The van der Waals surface area contributed by atoms with Crippen molar-refractivity contribution in [3.63, 3.8) is 0 Å². The number of benzene rings is 1. The third kappa shape index (κ3) is 2.58. The molecule has 17 heavy (non-hydrogen) atoms. The molecule has 0 saturated heterocycles. The summed E-state index contributed by atoms with van der Waals surface area (Å²) < 4.78 is 1.06. The molecule has 4 heteroatoms. The first kappa shape index (κ1) is 12.3. The number of hydrogen-bond acceptors (Lipinski definition) is 2. The highest BCUT2D eigenvalue weighted by atomic mass is 79.9. The number of nitrogens with one attached hydrogen (secondary N) is 1. The Hall–Kier alpha value is -1.13. The van der Waals surface area contributed by atoms with Crippen molar-refractivity contribution in [2.24, 2.45) is 5.73 Å². The van der Waals surface area contributed by atoms with Crippen molar-refractivity contribution in [2.75, 3.05) is 0 Å². The van der Waals surface area contributed by atoms with Crippen LogP contribution >= 0.6 is 15.9 Å². The Morgan fingerprint density at radius 2 is 1.82 bits per heavy atom. The van der Waals surface area contributed by atoms with Crippen LogP contribution in [0.5, 0.6) is 0 Å². The summed E-state index contributed by atoms with van der Waals surface area (Å²) in [6, 6.07) is 8.11. The summed E-state index contributed by atoms with van der Waals surface area (Å²) in [6.07, 6.45) is 0. The van der Waals surface area contributed by atoms with Gasteiger partial charge in [0.25, 0.3) is 0 Å². The van der Waals surface area contributed by atoms with Crippen molar-refractivity contribution < 1.29 is 0 Å². The molecule has 0 spiro atoms. The van der Waals surface area contributed by atoms with Crippen molar-refractivity contribution >= 4 is 15.9 Å². The first-order valence-corrected chi connectivity index (χ1v) is 6.29. The molecule has 0 amide bonds. The van der Waals surface area contributed by atoms with Gasteiger partial charge >= 0.3 is 0 Å². The van der Waals surface area contributed by atoms with Crippen LogP contribution in [-0.2, 0) is 5.54 Å². The van der Waals surface area contributed by atoms with Crippen LogP contribution in [0.25, 0.3) is 11.3 Å². The largest absolute Gasteiger partial charge is 0.344 e. The molecule has 0 saturated carbocycles. The van der Waals surface area contributed by atoms with E-state index in [0.29, 0.717) is 0 Å². The van der Waals surface area contributed by atoms with Crippen molar-refractivity contribution in [3.8, 4) is 11.3 Å². The summed E-state index contributed by atoms with van der Waals surface area (Å²) >= 11 is 3.43. The van der Waals surface area contributed by atoms with Crippen LogP contribution in [0.2, 0.25) is 0 Å². The van der Waals surface area contributed by atoms with Crippen LogP contribution in [0.3, 0.4) is 0 Å². The summed E-state index contributed by atoms with van der Waals surface area (Å²) in [5, 5.41) is 0. The van der Waals surface area contributed by atoms with E-state index >= 15 is 0 Å². The molecule has 3 nitrogen and oxygen atoms in total. The third-order valence-corrected chi connectivity index (χ3v) is 3.14. The normalized spacial score (nSPS) is 11.8. The third-order valence-electron chi connectivity index (χ3n) is 2.61. The fraction of sp³-hybridized carbons (Fsp3) is 0.308. The SMILES string of the molecule is Cc1[nH]c(C(C)(C)N)nc1-c1ccc(Br)cc1. The maximum atomic E-state index is 6.04. The average Bonchev–Trinajstić information content (AvgIpc) is 2.61. The van der Waals surface area contributed by atoms with Crippen molar-refractivity contribution in [1.82, 2.24) is 9.97 Å². The molecular weight excluding hydrogens is 278 g/mol. The van der Waals surface area contributed by atoms with E-state index in [1.807, 2.05) is 45.0 Å². The minimum absolute atomic E-state index is 0.446. The second kappa shape index (κ2) is 4.27. The second-order valence-electron chi connectivity index (χ2n) is 4.79. The van der Waals surface area contributed by atoms with E-state index in [4.69, 9.17) is 5.73 Å². The molecule has 3 N–H and O–H groups in total. The Balaban J connectivity index is 2.46. The minimum atomic E-state index is -0.446. The summed E-state index contributed by atoms with van der Waals surface area (Å²) in [6.45, 7) is 5.90. The highest BCUT2D eigenvalue weighted by molar-refractivity contribution is 9.10. The number of hydrogen-bond donors (Lipinski definition) is 2. The number of rotatable bonds is 2. The highest BCUT2D eigenvalue weighted by Gasteiger charge is 2.20. The van der Waals surface area contributed by atoms with E-state index in [0.717, 1.165) is 27.2 Å². The Kier molecular flexibility index (Phi) is 3.10. The molecule has 0 aliphatic carbocycles. The highest BCUT2D eigenvalue weighted by Crippen LogP contribution is 2.25. The molecule has 1 heterocycles. The van der Waals surface area contributed by atoms with Gasteiger partial charge in [0.15, 0.2) is 0 Å². The lowest BCUT2D eigenvalue weighted by Crippen LogP contribution is -2.30. The van der Waals surface area contributed by atoms with Crippen LogP contribution in [0.4, 0.5) is 0 Å². The molecule has 1 aromatic heterocycles. The molecule has 0 radical (unpaired) electrons. The Morgan fingerprint density at radius 3 is 2.29 bits per heavy atom. The van der Waals surface area contributed by atoms with E-state index in [1.165, 1.54) is 0 Å². The Bertz CT molecular complexity index is 521. The van der Waals surface area contributed by atoms with Gasteiger partial charge in [0.2, 0.25) is 0 Å². The second-order valence-corrected chi connectivity index (χ2v) is 5.70. The van der Waals surface area contributed by atoms with E-state index in [2.05, 4.69) is 25.9 Å². The van der Waals surface area contributed by atoms with Crippen LogP contribution in [0.1, 0.15) is 25.4 Å². The monoisotopic (exact) mass is 293 g/mol. The molecule has 0 aliphatic rings. The smallest absolute Gasteiger partial charge is 0.126 e. The molecule has 2 rings (SSSR count). The molecule has 0 unspecified atom stereocenters. The van der Waals surface area contributed by atoms with Gasteiger partial charge in [-0.25, -0.2) is 4.98 Å². The van der Waals surface area contributed by atoms with Crippen LogP contribution in [0, 0.1) is 6.92 Å². The summed E-state index contributed by atoms with van der Waals surface area (Å²) in [5.41, 5.74) is 8.70. The lowest BCUT2D eigenvalue weighted by atomic mass is 10.1. The fourth-order valence-electron chi connectivity index (χ4n) is 1.65. The predicted octanol–water partition coefficient (Wildman–Crippen LogP) is 3.34. The van der Waals surface area contributed by atoms with Crippen molar-refractivity contribution in [3.05, 3.63) is 40.3 Å². The van der Waals surface area contributed by atoms with Gasteiger partial charge in [0.1, 0.15) is 5.82 Å². The average molecular weight is 294 g/mol. The number of aryl methyl sites for hydroxylation is 1. The van der Waals surface area contributed by atoms with Gasteiger partial charge in [-0.1, -0.05) is 28.1 Å². The van der Waals surface area contributed by atoms with Crippen LogP contribution < -0.4 is 5.73 Å². The van der Waals surface area contributed by atoms with Gasteiger partial charge in [-0.05, 0) is 32.9 Å². The van der Waals surface area contributed by atoms with Crippen LogP contribution in [0.15, 0.2) is 28.7 Å². The predicted molar refractivity (Wildman–Crippen MR) is 73.7 cm³/mol. The van der Waals surface area contributed by atoms with Crippen LogP contribution in [-0.4, -0.2) is 9.97 Å². The number of H-pyrrole nitrogens is 1. The van der Waals surface area contributed by atoms with Gasteiger partial charge in [0, 0.05) is 15.7 Å². The lowest BCUT2D eigenvalue weighted by Gasteiger charge is -2.14. The maximum absolute atomic E-state index is 6.04. The van der Waals surface area contributed by atoms with Gasteiger partial charge in [-0.15, -0.1) is 0 Å². The molecule has 0 bridgehead atoms.